The van der Waals surface area contributed by atoms with E-state index >= 15 is 0 Å². The van der Waals surface area contributed by atoms with Gasteiger partial charge in [-0.3, -0.25) is 19.2 Å². The lowest BCUT2D eigenvalue weighted by Gasteiger charge is -2.26. The largest absolute Gasteiger partial charge is 0.457 e. The molecule has 4 aliphatic heterocycles. The minimum absolute atomic E-state index is 0.191. The van der Waals surface area contributed by atoms with E-state index in [9.17, 15) is 38.4 Å². The summed E-state index contributed by atoms with van der Waals surface area (Å²) >= 11 is 0. The molecular formula is C81H65N7O14. The Hall–Kier alpha value is -13.7. The summed E-state index contributed by atoms with van der Waals surface area (Å²) in [5.41, 5.74) is 35.6. The van der Waals surface area contributed by atoms with Crippen LogP contribution in [0.15, 0.2) is 243 Å². The number of hydrogen-bond donors (Lipinski definition) is 5. The van der Waals surface area contributed by atoms with Gasteiger partial charge in [-0.1, -0.05) is 94.4 Å². The Morgan fingerprint density at radius 1 is 0.265 bits per heavy atom. The maximum Gasteiger partial charge on any atom is 0.347 e. The van der Waals surface area contributed by atoms with E-state index in [2.05, 4.69) is 42.9 Å². The highest BCUT2D eigenvalue weighted by Crippen LogP contribution is 2.40. The molecule has 0 saturated heterocycles. The van der Waals surface area contributed by atoms with Gasteiger partial charge in [-0.15, -0.1) is 0 Å². The number of fused-ring (bicyclic) bond motifs is 4. The van der Waals surface area contributed by atoms with Crippen molar-refractivity contribution in [3.63, 3.8) is 0 Å². The zero-order valence-electron chi connectivity index (χ0n) is 55.6. The number of nitrogen functional groups attached to an aromatic ring is 4. The number of carbonyl (C=O) groups is 8. The first kappa shape index (κ1) is 68.3. The van der Waals surface area contributed by atoms with E-state index < -0.39 is 47.5 Å². The van der Waals surface area contributed by atoms with Crippen molar-refractivity contribution in [2.75, 3.05) is 39.8 Å². The summed E-state index contributed by atoms with van der Waals surface area (Å²) in [6, 6.07) is 70.0. The monoisotopic (exact) mass is 1360 g/mol. The molecule has 102 heavy (non-hydrogen) atoms. The highest BCUT2D eigenvalue weighted by molar-refractivity contribution is 6.35. The van der Waals surface area contributed by atoms with E-state index in [1.807, 2.05) is 103 Å². The molecule has 10 N–H and O–H groups in total. The molecule has 0 saturated carbocycles. The molecule has 11 aromatic carbocycles. The minimum atomic E-state index is -0.678. The number of cyclic esters (lactones) is 4. The van der Waals surface area contributed by atoms with Gasteiger partial charge in [0.15, 0.2) is 0 Å². The molecule has 0 fully saturated rings. The van der Waals surface area contributed by atoms with E-state index in [0.29, 0.717) is 91.2 Å². The topological polar surface area (TPSA) is 329 Å². The molecule has 0 radical (unpaired) electrons. The first-order valence-electron chi connectivity index (χ1n) is 31.9. The van der Waals surface area contributed by atoms with E-state index in [0.717, 1.165) is 32.1 Å². The van der Waals surface area contributed by atoms with Gasteiger partial charge in [-0.2, -0.15) is 0 Å². The Morgan fingerprint density at radius 2 is 0.500 bits per heavy atom. The lowest BCUT2D eigenvalue weighted by Crippen LogP contribution is -2.29. The zero-order chi connectivity index (χ0) is 72.3. The van der Waals surface area contributed by atoms with Gasteiger partial charge >= 0.3 is 23.9 Å². The summed E-state index contributed by atoms with van der Waals surface area (Å²) in [4.78, 5) is 102. The van der Waals surface area contributed by atoms with Gasteiger partial charge in [0.1, 0.15) is 46.0 Å². The van der Waals surface area contributed by atoms with Gasteiger partial charge < -0.3 is 57.1 Å². The number of rotatable bonds is 14. The Balaban J connectivity index is 0.000000175. The average molecular weight is 1360 g/mol. The second kappa shape index (κ2) is 28.1. The van der Waals surface area contributed by atoms with Gasteiger partial charge in [-0.25, -0.2) is 29.0 Å². The van der Waals surface area contributed by atoms with Crippen molar-refractivity contribution in [3.05, 3.63) is 309 Å². The molecule has 11 aromatic rings. The van der Waals surface area contributed by atoms with Crippen LogP contribution in [-0.4, -0.2) is 54.6 Å². The van der Waals surface area contributed by atoms with Gasteiger partial charge in [0, 0.05) is 33.6 Å². The average Bonchev–Trinajstić information content (AvgIpc) is 1.64. The van der Waals surface area contributed by atoms with Crippen LogP contribution in [0.1, 0.15) is 133 Å². The molecular weight excluding hydrogens is 1290 g/mol. The second-order valence-corrected chi connectivity index (χ2v) is 24.7. The number of hydrogen-bond acceptors (Lipinski definition) is 19. The normalized spacial score (nSPS) is 13.2. The third-order valence-electron chi connectivity index (χ3n) is 17.4. The van der Waals surface area contributed by atoms with Crippen molar-refractivity contribution in [3.8, 4) is 46.0 Å². The quantitative estimate of drug-likeness (QED) is 0.0292. The summed E-state index contributed by atoms with van der Waals surface area (Å²) in [7, 11) is 1.50. The highest BCUT2D eigenvalue weighted by atomic mass is 16.6. The first-order chi connectivity index (χ1) is 48.9. The fourth-order valence-electron chi connectivity index (χ4n) is 11.8. The number of nitrogens with two attached hydrogens (primary N) is 5. The van der Waals surface area contributed by atoms with E-state index in [4.69, 9.17) is 41.9 Å². The van der Waals surface area contributed by atoms with Crippen molar-refractivity contribution in [1.82, 2.24) is 0 Å². The van der Waals surface area contributed by atoms with Gasteiger partial charge in [0.2, 0.25) is 0 Å². The van der Waals surface area contributed by atoms with Crippen molar-refractivity contribution < 1.29 is 66.8 Å². The van der Waals surface area contributed by atoms with Crippen LogP contribution in [0.25, 0.3) is 0 Å². The molecule has 0 unspecified atom stereocenters. The maximum absolute atomic E-state index is 13.2. The van der Waals surface area contributed by atoms with Crippen LogP contribution in [-0.2, 0) is 20.3 Å². The molecule has 0 spiro atoms. The third-order valence-corrected chi connectivity index (χ3v) is 17.4. The fraction of sp³-hybridized carbons (Fsp3) is 0.0864. The molecule has 4 amide bonds. The number of anilines is 6. The molecule has 4 aliphatic rings. The summed E-state index contributed by atoms with van der Waals surface area (Å²) in [6.07, 6.45) is 0. The molecule has 4 heterocycles. The third kappa shape index (κ3) is 13.9. The van der Waals surface area contributed by atoms with Crippen molar-refractivity contribution in [1.29, 1.82) is 0 Å². The van der Waals surface area contributed by atoms with Crippen molar-refractivity contribution in [2.45, 2.75) is 38.5 Å². The predicted octanol–water partition coefficient (Wildman–Crippen LogP) is 15.0. The Kier molecular flexibility index (Phi) is 18.8. The van der Waals surface area contributed by atoms with Gasteiger partial charge in [0.25, 0.3) is 23.6 Å². The summed E-state index contributed by atoms with van der Waals surface area (Å²) in [5.74, 6) is -0.334. The molecule has 508 valence electrons. The second-order valence-electron chi connectivity index (χ2n) is 24.7. The van der Waals surface area contributed by atoms with Gasteiger partial charge in [0.05, 0.1) is 55.9 Å². The molecule has 0 aliphatic carbocycles. The van der Waals surface area contributed by atoms with Crippen LogP contribution in [0.4, 0.5) is 34.1 Å². The Bertz CT molecular complexity index is 4880. The number of imide groups is 2. The standard InChI is InChI=1S/C43H32N4O6.C31H20O8.C6H8N2.CH5N/c1-43(2,25-9-13-31(14-10-25)52-33-17-19-35-37(23-33)41(50)46(39(35)48)29-7-3-5-27(44)21-29)26-11-15-32(16-12-26)53-34-18-20-36-38(24-34)42(51)47(40(36)49)30-8-4-6-28(45)22-30;1-31(2,17-3-7-19(8-4-17)36-21-11-13-23-25(15-21)29(34)38-27(23)32)18-5-9-20(10-6-18)37-22-12-14-24-26(16-22)30(35)39-28(24)33;7-5-2-1-3-6(8)4-5;1-2/h3-24H,44-45H2,1-2H3;3-16H,1-2H3;1-4H,7-8H2;2H2,1H3. The summed E-state index contributed by atoms with van der Waals surface area (Å²) < 4.78 is 33.2. The van der Waals surface area contributed by atoms with E-state index in [1.54, 1.807) is 115 Å². The molecule has 0 bridgehead atoms. The molecule has 0 atom stereocenters. The summed E-state index contributed by atoms with van der Waals surface area (Å²) in [6.45, 7) is 8.43. The van der Waals surface area contributed by atoms with Crippen LogP contribution < -0.4 is 57.4 Å². The smallest absolute Gasteiger partial charge is 0.347 e. The fourth-order valence-corrected chi connectivity index (χ4v) is 11.8. The predicted molar refractivity (Wildman–Crippen MR) is 385 cm³/mol. The van der Waals surface area contributed by atoms with Crippen molar-refractivity contribution >= 4 is 81.6 Å². The molecule has 15 rings (SSSR count). The zero-order valence-corrected chi connectivity index (χ0v) is 55.6. The van der Waals surface area contributed by atoms with Crippen LogP contribution in [0.3, 0.4) is 0 Å². The van der Waals surface area contributed by atoms with Crippen LogP contribution in [0, 0.1) is 0 Å². The Labute approximate surface area is 585 Å². The van der Waals surface area contributed by atoms with Crippen LogP contribution >= 0.6 is 0 Å². The number of nitrogens with zero attached hydrogens (tertiary/aromatic N) is 2. The van der Waals surface area contributed by atoms with Crippen LogP contribution in [0.2, 0.25) is 0 Å². The highest BCUT2D eigenvalue weighted by Gasteiger charge is 2.39. The number of carbonyl (C=O) groups excluding carboxylic acids is 8. The van der Waals surface area contributed by atoms with Gasteiger partial charge in [-0.05, 0) is 205 Å². The molecule has 21 heteroatoms. The van der Waals surface area contributed by atoms with E-state index in [-0.39, 0.29) is 44.2 Å². The minimum Gasteiger partial charge on any atom is -0.457 e. The van der Waals surface area contributed by atoms with E-state index in [1.165, 1.54) is 31.3 Å². The first-order valence-corrected chi connectivity index (χ1v) is 31.9. The molecule has 21 nitrogen and oxygen atoms in total. The SMILES string of the molecule is CC(C)(c1ccc(Oc2ccc3c(c2)C(=O)N(c2cccc(N)c2)C3=O)cc1)c1ccc(Oc2ccc3c(c2)C(=O)N(c2cccc(N)c2)C3=O)cc1.CC(C)(c1ccc(Oc2ccc3c(c2)C(=O)OC3=O)cc1)c1ccc(Oc2ccc3c(c2)C(=O)OC3=O)cc1.CN.Nc1cccc(N)c1. The Morgan fingerprint density at radius 3 is 0.775 bits per heavy atom. The van der Waals surface area contributed by atoms with Crippen molar-refractivity contribution in [2.24, 2.45) is 5.73 Å². The van der Waals surface area contributed by atoms with Crippen LogP contribution in [0.5, 0.6) is 46.0 Å². The maximum atomic E-state index is 13.2. The number of ether oxygens (including phenoxy) is 6. The number of amides is 4. The molecule has 0 aromatic heterocycles. The number of esters is 4. The summed E-state index contributed by atoms with van der Waals surface area (Å²) in [5, 5.41) is 0. The lowest BCUT2D eigenvalue weighted by atomic mass is 9.78. The number of benzene rings is 11. The lowest BCUT2D eigenvalue weighted by molar-refractivity contribution is 0.0425.